The molecule has 0 spiro atoms. The SMILES string of the molecule is C=C(C)[C@H](NC(=O)[C@@H](NC)C(C)C)C(=O)N(C)[C@@H](C(C)C)[C@H](O)CC(=O)N1CCC[C@H]1[C@H](OC)[C@@H](C)C(=O)N[C@H](C)[C@@H](O)c1ccccc1. The first-order valence-electron chi connectivity index (χ1n) is 17.4. The highest BCUT2D eigenvalue weighted by atomic mass is 16.5. The van der Waals surface area contributed by atoms with Crippen LogP contribution in [0, 0.1) is 17.8 Å². The fourth-order valence-electron chi connectivity index (χ4n) is 6.97. The summed E-state index contributed by atoms with van der Waals surface area (Å²) in [7, 11) is 4.76. The van der Waals surface area contributed by atoms with Crippen LogP contribution in [0.4, 0.5) is 0 Å². The van der Waals surface area contributed by atoms with Crippen molar-refractivity contribution in [1.29, 1.82) is 0 Å². The zero-order valence-electron chi connectivity index (χ0n) is 31.1. The van der Waals surface area contributed by atoms with Gasteiger partial charge in [0.1, 0.15) is 6.04 Å². The summed E-state index contributed by atoms with van der Waals surface area (Å²) < 4.78 is 5.82. The molecule has 49 heavy (non-hydrogen) atoms. The Hall–Kier alpha value is -3.32. The second-order valence-electron chi connectivity index (χ2n) is 14.2. The molecule has 4 amide bonds. The van der Waals surface area contributed by atoms with Gasteiger partial charge >= 0.3 is 0 Å². The van der Waals surface area contributed by atoms with E-state index < -0.39 is 60.3 Å². The Balaban J connectivity index is 2.16. The summed E-state index contributed by atoms with van der Waals surface area (Å²) in [4.78, 5) is 57.0. The van der Waals surface area contributed by atoms with E-state index in [4.69, 9.17) is 4.74 Å². The summed E-state index contributed by atoms with van der Waals surface area (Å²) >= 11 is 0. The van der Waals surface area contributed by atoms with E-state index >= 15 is 0 Å². The number of aliphatic hydroxyl groups excluding tert-OH is 2. The molecule has 276 valence electrons. The number of hydrogen-bond acceptors (Lipinski definition) is 8. The fraction of sp³-hybridized carbons (Fsp3) is 0.676. The van der Waals surface area contributed by atoms with Crippen LogP contribution in [0.3, 0.4) is 0 Å². The van der Waals surface area contributed by atoms with Crippen LogP contribution in [0.15, 0.2) is 42.5 Å². The van der Waals surface area contributed by atoms with Gasteiger partial charge in [-0.1, -0.05) is 71.5 Å². The number of rotatable bonds is 18. The summed E-state index contributed by atoms with van der Waals surface area (Å²) in [6, 6.07) is 5.89. The Bertz CT molecular complexity index is 1260. The van der Waals surface area contributed by atoms with E-state index in [0.29, 0.717) is 30.5 Å². The zero-order chi connectivity index (χ0) is 37.2. The zero-order valence-corrected chi connectivity index (χ0v) is 31.1. The lowest BCUT2D eigenvalue weighted by Gasteiger charge is -2.38. The second-order valence-corrected chi connectivity index (χ2v) is 14.2. The standard InChI is InChI=1S/C37H61N5O7/c1-21(2)30(38-9)36(47)40-31(22(3)4)37(48)41(10)32(23(5)6)28(43)20-29(44)42-19-15-18-27(42)34(49-11)24(7)35(46)39-25(8)33(45)26-16-13-12-14-17-26/h12-14,16-17,21,23-25,27-28,30-34,38,43,45H,3,15,18-20H2,1-2,4-11H3,(H,39,46)(H,40,47)/t24-,25-,27+,28-,30+,31+,32+,33-,34-/m1/s1. The lowest BCUT2D eigenvalue weighted by atomic mass is 9.92. The summed E-state index contributed by atoms with van der Waals surface area (Å²) in [6.45, 7) is 17.1. The third kappa shape index (κ3) is 10.8. The highest BCUT2D eigenvalue weighted by Gasteiger charge is 2.42. The molecule has 0 radical (unpaired) electrons. The number of amides is 4. The van der Waals surface area contributed by atoms with Gasteiger partial charge in [-0.15, -0.1) is 0 Å². The molecule has 1 aliphatic rings. The average Bonchev–Trinajstić information content (AvgIpc) is 3.53. The molecule has 1 aromatic rings. The van der Waals surface area contributed by atoms with Gasteiger partial charge in [0.25, 0.3) is 0 Å². The Morgan fingerprint density at radius 3 is 2.12 bits per heavy atom. The highest BCUT2D eigenvalue weighted by Crippen LogP contribution is 2.29. The second kappa shape index (κ2) is 19.2. The van der Waals surface area contributed by atoms with Crippen LogP contribution in [0.2, 0.25) is 0 Å². The minimum absolute atomic E-state index is 0.0135. The molecule has 1 heterocycles. The highest BCUT2D eigenvalue weighted by molar-refractivity contribution is 5.92. The summed E-state index contributed by atoms with van der Waals surface area (Å²) in [5.74, 6) is -2.25. The number of likely N-dealkylation sites (N-methyl/N-ethyl adjacent to an activating group) is 2. The summed E-state index contributed by atoms with van der Waals surface area (Å²) in [6.07, 6.45) is -1.63. The lowest BCUT2D eigenvalue weighted by molar-refractivity contribution is -0.145. The quantitative estimate of drug-likeness (QED) is 0.147. The third-order valence-electron chi connectivity index (χ3n) is 9.70. The molecule has 12 heteroatoms. The number of likely N-dealkylation sites (tertiary alicyclic amines) is 1. The van der Waals surface area contributed by atoms with Crippen molar-refractivity contribution >= 4 is 23.6 Å². The number of nitrogens with zero attached hydrogens (tertiary/aromatic N) is 2. The predicted molar refractivity (Wildman–Crippen MR) is 190 cm³/mol. The molecule has 2 rings (SSSR count). The molecule has 0 saturated carbocycles. The number of ether oxygens (including phenoxy) is 1. The van der Waals surface area contributed by atoms with Crippen LogP contribution in [-0.4, -0.2) is 114 Å². The van der Waals surface area contributed by atoms with Gasteiger partial charge in [-0.3, -0.25) is 19.2 Å². The monoisotopic (exact) mass is 687 g/mol. The number of aliphatic hydroxyl groups is 2. The maximum atomic E-state index is 13.8. The Kier molecular flexibility index (Phi) is 16.4. The Morgan fingerprint density at radius 1 is 1.00 bits per heavy atom. The number of methoxy groups -OCH3 is 1. The molecular formula is C37H61N5O7. The van der Waals surface area contributed by atoms with Crippen molar-refractivity contribution in [2.75, 3.05) is 27.7 Å². The third-order valence-corrected chi connectivity index (χ3v) is 9.70. The summed E-state index contributed by atoms with van der Waals surface area (Å²) in [5.41, 5.74) is 1.14. The van der Waals surface area contributed by atoms with E-state index in [1.54, 1.807) is 51.9 Å². The molecule has 1 saturated heterocycles. The molecule has 5 N–H and O–H groups in total. The summed E-state index contributed by atoms with van der Waals surface area (Å²) in [5, 5.41) is 30.9. The largest absolute Gasteiger partial charge is 0.390 e. The van der Waals surface area contributed by atoms with E-state index in [-0.39, 0.29) is 36.0 Å². The molecule has 1 aromatic carbocycles. The average molecular weight is 688 g/mol. The first-order valence-corrected chi connectivity index (χ1v) is 17.4. The van der Waals surface area contributed by atoms with Gasteiger partial charge in [0.2, 0.25) is 23.6 Å². The van der Waals surface area contributed by atoms with Crippen LogP contribution < -0.4 is 16.0 Å². The van der Waals surface area contributed by atoms with Crippen LogP contribution in [0.25, 0.3) is 0 Å². The smallest absolute Gasteiger partial charge is 0.249 e. The Labute approximate surface area is 293 Å². The van der Waals surface area contributed by atoms with Gasteiger partial charge in [-0.25, -0.2) is 0 Å². The number of nitrogens with one attached hydrogen (secondary N) is 3. The first kappa shape index (κ1) is 41.8. The molecule has 12 nitrogen and oxygen atoms in total. The van der Waals surface area contributed by atoms with Crippen molar-refractivity contribution in [3.63, 3.8) is 0 Å². The molecule has 0 aromatic heterocycles. The van der Waals surface area contributed by atoms with Crippen LogP contribution in [0.1, 0.15) is 79.4 Å². The van der Waals surface area contributed by atoms with Crippen molar-refractivity contribution in [2.45, 2.75) is 116 Å². The van der Waals surface area contributed by atoms with Gasteiger partial charge < -0.3 is 40.7 Å². The lowest BCUT2D eigenvalue weighted by Crippen LogP contribution is -2.58. The molecule has 0 bridgehead atoms. The topological polar surface area (TPSA) is 161 Å². The van der Waals surface area contributed by atoms with Gasteiger partial charge in [0.15, 0.2) is 0 Å². The maximum Gasteiger partial charge on any atom is 0.249 e. The van der Waals surface area contributed by atoms with Crippen LogP contribution in [-0.2, 0) is 23.9 Å². The molecule has 0 unspecified atom stereocenters. The van der Waals surface area contributed by atoms with E-state index in [2.05, 4.69) is 22.5 Å². The van der Waals surface area contributed by atoms with Gasteiger partial charge in [0, 0.05) is 20.7 Å². The molecule has 1 fully saturated rings. The van der Waals surface area contributed by atoms with E-state index in [0.717, 1.165) is 0 Å². The van der Waals surface area contributed by atoms with E-state index in [1.807, 2.05) is 45.9 Å². The van der Waals surface area contributed by atoms with Crippen molar-refractivity contribution in [3.05, 3.63) is 48.0 Å². The van der Waals surface area contributed by atoms with Gasteiger partial charge in [0.05, 0.1) is 54.8 Å². The molecule has 9 atom stereocenters. The van der Waals surface area contributed by atoms with Crippen LogP contribution >= 0.6 is 0 Å². The predicted octanol–water partition coefficient (Wildman–Crippen LogP) is 2.41. The van der Waals surface area contributed by atoms with E-state index in [1.165, 1.54) is 12.0 Å². The first-order chi connectivity index (χ1) is 23.0. The van der Waals surface area contributed by atoms with Crippen molar-refractivity contribution in [3.8, 4) is 0 Å². The number of carbonyl (C=O) groups excluding carboxylic acids is 4. The normalized spacial score (nSPS) is 19.7. The van der Waals surface area contributed by atoms with Gasteiger partial charge in [-0.05, 0) is 56.7 Å². The number of hydrogen-bond donors (Lipinski definition) is 5. The maximum absolute atomic E-state index is 13.8. The van der Waals surface area contributed by atoms with Crippen molar-refractivity contribution < 1.29 is 34.1 Å². The van der Waals surface area contributed by atoms with Crippen LogP contribution in [0.5, 0.6) is 0 Å². The minimum Gasteiger partial charge on any atom is -0.390 e. The fourth-order valence-corrected chi connectivity index (χ4v) is 6.97. The minimum atomic E-state index is -1.20. The van der Waals surface area contributed by atoms with Crippen molar-refractivity contribution in [1.82, 2.24) is 25.8 Å². The van der Waals surface area contributed by atoms with Crippen molar-refractivity contribution in [2.24, 2.45) is 17.8 Å². The molecule has 1 aliphatic heterocycles. The van der Waals surface area contributed by atoms with E-state index in [9.17, 15) is 29.4 Å². The van der Waals surface area contributed by atoms with Gasteiger partial charge in [-0.2, -0.15) is 0 Å². The number of carbonyl (C=O) groups is 4. The molecule has 0 aliphatic carbocycles. The number of benzene rings is 1. The molecular weight excluding hydrogens is 626 g/mol. The Morgan fingerprint density at radius 2 is 1.61 bits per heavy atom.